The maximum absolute atomic E-state index is 6.02. The number of hydrogen-bond acceptors (Lipinski definition) is 2. The molecule has 2 atom stereocenters. The molecule has 4 N–H and O–H groups in total. The van der Waals surface area contributed by atoms with E-state index in [1.807, 2.05) is 6.08 Å². The number of rotatable bonds is 2. The molecule has 2 nitrogen and oxygen atoms in total. The van der Waals surface area contributed by atoms with Gasteiger partial charge in [0, 0.05) is 11.6 Å². The Balaban J connectivity index is 2.56. The van der Waals surface area contributed by atoms with Gasteiger partial charge in [0.2, 0.25) is 0 Å². The second-order valence-corrected chi connectivity index (χ2v) is 3.22. The van der Waals surface area contributed by atoms with Crippen LogP contribution in [0.25, 0.3) is 0 Å². The van der Waals surface area contributed by atoms with Gasteiger partial charge >= 0.3 is 0 Å². The van der Waals surface area contributed by atoms with Gasteiger partial charge in [0.15, 0.2) is 0 Å². The van der Waals surface area contributed by atoms with Crippen molar-refractivity contribution in [3.8, 4) is 0 Å². The Labute approximate surface area is 62.3 Å². The Kier molecular flexibility index (Phi) is 2.11. The number of hydrogen-bond donors (Lipinski definition) is 2. The van der Waals surface area contributed by atoms with E-state index in [4.69, 9.17) is 11.5 Å². The zero-order valence-corrected chi connectivity index (χ0v) is 6.34. The highest BCUT2D eigenvalue weighted by Gasteiger charge is 2.35. The predicted octanol–water partition coefficient (Wildman–Crippen LogP) is 0.771. The maximum atomic E-state index is 6.02. The summed E-state index contributed by atoms with van der Waals surface area (Å²) in [5, 5.41) is 0. The molecule has 0 aromatic heterocycles. The van der Waals surface area contributed by atoms with Crippen LogP contribution >= 0.6 is 0 Å². The fourth-order valence-electron chi connectivity index (χ4n) is 1.65. The first kappa shape index (κ1) is 7.76. The monoisotopic (exact) mass is 140 g/mol. The van der Waals surface area contributed by atoms with Gasteiger partial charge in [0.25, 0.3) is 0 Å². The molecule has 58 valence electrons. The summed E-state index contributed by atoms with van der Waals surface area (Å²) in [5.74, 6) is 0. The predicted molar refractivity (Wildman–Crippen MR) is 43.6 cm³/mol. The zero-order valence-electron chi connectivity index (χ0n) is 6.34. The van der Waals surface area contributed by atoms with E-state index in [1.54, 1.807) is 0 Å². The van der Waals surface area contributed by atoms with E-state index in [2.05, 4.69) is 6.58 Å². The minimum absolute atomic E-state index is 0.137. The molecular weight excluding hydrogens is 124 g/mol. The van der Waals surface area contributed by atoms with Crippen LogP contribution in [0, 0.1) is 0 Å². The van der Waals surface area contributed by atoms with Gasteiger partial charge in [-0.15, -0.1) is 6.58 Å². The second-order valence-electron chi connectivity index (χ2n) is 3.22. The lowest BCUT2D eigenvalue weighted by Crippen LogP contribution is -2.50. The van der Waals surface area contributed by atoms with E-state index in [1.165, 1.54) is 6.42 Å². The molecule has 0 bridgehead atoms. The summed E-state index contributed by atoms with van der Waals surface area (Å²) in [6.07, 6.45) is 6.02. The Hall–Kier alpha value is -0.340. The van der Waals surface area contributed by atoms with Crippen LogP contribution in [0.1, 0.15) is 25.7 Å². The van der Waals surface area contributed by atoms with Crippen molar-refractivity contribution in [3.63, 3.8) is 0 Å². The average molecular weight is 140 g/mol. The Morgan fingerprint density at radius 1 is 1.70 bits per heavy atom. The molecule has 0 aromatic carbocycles. The fourth-order valence-corrected chi connectivity index (χ4v) is 1.65. The fraction of sp³-hybridized carbons (Fsp3) is 0.750. The van der Waals surface area contributed by atoms with Crippen LogP contribution in [0.5, 0.6) is 0 Å². The van der Waals surface area contributed by atoms with Crippen LogP contribution in [-0.4, -0.2) is 11.6 Å². The van der Waals surface area contributed by atoms with E-state index >= 15 is 0 Å². The Bertz CT molecular complexity index is 133. The molecule has 1 rings (SSSR count). The quantitative estimate of drug-likeness (QED) is 0.557. The molecule has 1 aliphatic rings. The molecular formula is C8H16N2. The van der Waals surface area contributed by atoms with Crippen molar-refractivity contribution in [1.29, 1.82) is 0 Å². The standard InChI is InChI=1S/C8H16N2/c1-2-5-8(10)6-3-4-7(8)9/h2,7H,1,3-6,9-10H2. The Morgan fingerprint density at radius 2 is 2.40 bits per heavy atom. The van der Waals surface area contributed by atoms with Gasteiger partial charge in [0.05, 0.1) is 0 Å². The average Bonchev–Trinajstić information content (AvgIpc) is 2.15. The molecule has 0 spiro atoms. The van der Waals surface area contributed by atoms with Crippen molar-refractivity contribution in [2.24, 2.45) is 11.5 Å². The van der Waals surface area contributed by atoms with Crippen LogP contribution in [0.4, 0.5) is 0 Å². The molecule has 0 aliphatic heterocycles. The third-order valence-corrected chi connectivity index (χ3v) is 2.42. The highest BCUT2D eigenvalue weighted by molar-refractivity contribution is 5.02. The van der Waals surface area contributed by atoms with Gasteiger partial charge < -0.3 is 11.5 Å². The second kappa shape index (κ2) is 2.72. The highest BCUT2D eigenvalue weighted by atomic mass is 14.9. The molecule has 1 aliphatic carbocycles. The van der Waals surface area contributed by atoms with Gasteiger partial charge in [-0.2, -0.15) is 0 Å². The van der Waals surface area contributed by atoms with Crippen molar-refractivity contribution in [2.45, 2.75) is 37.3 Å². The van der Waals surface area contributed by atoms with Crippen molar-refractivity contribution in [1.82, 2.24) is 0 Å². The number of nitrogens with two attached hydrogens (primary N) is 2. The van der Waals surface area contributed by atoms with Gasteiger partial charge in [0.1, 0.15) is 0 Å². The van der Waals surface area contributed by atoms with E-state index in [-0.39, 0.29) is 11.6 Å². The summed E-state index contributed by atoms with van der Waals surface area (Å²) in [6, 6.07) is 0.186. The zero-order chi connectivity index (χ0) is 7.61. The normalized spacial score (nSPS) is 40.0. The summed E-state index contributed by atoms with van der Waals surface area (Å²) in [6.45, 7) is 3.67. The summed E-state index contributed by atoms with van der Waals surface area (Å²) in [5.41, 5.74) is 11.7. The molecule has 2 unspecified atom stereocenters. The van der Waals surface area contributed by atoms with E-state index < -0.39 is 0 Å². The third kappa shape index (κ3) is 1.22. The van der Waals surface area contributed by atoms with Crippen LogP contribution < -0.4 is 11.5 Å². The summed E-state index contributed by atoms with van der Waals surface area (Å²) in [7, 11) is 0. The van der Waals surface area contributed by atoms with Crippen molar-refractivity contribution in [3.05, 3.63) is 12.7 Å². The van der Waals surface area contributed by atoms with Crippen molar-refractivity contribution >= 4 is 0 Å². The van der Waals surface area contributed by atoms with E-state index in [0.717, 1.165) is 19.3 Å². The lowest BCUT2D eigenvalue weighted by molar-refractivity contribution is 0.394. The molecule has 1 fully saturated rings. The highest BCUT2D eigenvalue weighted by Crippen LogP contribution is 2.29. The van der Waals surface area contributed by atoms with E-state index in [0.29, 0.717) is 0 Å². The first-order valence-corrected chi connectivity index (χ1v) is 3.84. The third-order valence-electron chi connectivity index (χ3n) is 2.42. The smallest absolute Gasteiger partial charge is 0.0342 e. The molecule has 0 aromatic rings. The van der Waals surface area contributed by atoms with Crippen LogP contribution in [0.2, 0.25) is 0 Å². The van der Waals surface area contributed by atoms with Crippen molar-refractivity contribution < 1.29 is 0 Å². The van der Waals surface area contributed by atoms with Gasteiger partial charge in [-0.1, -0.05) is 6.08 Å². The summed E-state index contributed by atoms with van der Waals surface area (Å²) >= 11 is 0. The van der Waals surface area contributed by atoms with Crippen LogP contribution in [-0.2, 0) is 0 Å². The molecule has 10 heavy (non-hydrogen) atoms. The topological polar surface area (TPSA) is 52.0 Å². The minimum Gasteiger partial charge on any atom is -0.326 e. The molecule has 2 heteroatoms. The van der Waals surface area contributed by atoms with Crippen LogP contribution in [0.3, 0.4) is 0 Å². The van der Waals surface area contributed by atoms with Crippen molar-refractivity contribution in [2.75, 3.05) is 0 Å². The molecule has 0 amide bonds. The molecule has 1 saturated carbocycles. The van der Waals surface area contributed by atoms with E-state index in [9.17, 15) is 0 Å². The SMILES string of the molecule is C=CCC1(N)CCCC1N. The lowest BCUT2D eigenvalue weighted by Gasteiger charge is -2.27. The summed E-state index contributed by atoms with van der Waals surface area (Å²) < 4.78 is 0. The van der Waals surface area contributed by atoms with Gasteiger partial charge in [-0.25, -0.2) is 0 Å². The summed E-state index contributed by atoms with van der Waals surface area (Å²) in [4.78, 5) is 0. The first-order valence-electron chi connectivity index (χ1n) is 3.84. The Morgan fingerprint density at radius 3 is 2.80 bits per heavy atom. The first-order chi connectivity index (χ1) is 4.69. The molecule has 0 heterocycles. The molecule has 0 saturated heterocycles. The van der Waals surface area contributed by atoms with Crippen LogP contribution in [0.15, 0.2) is 12.7 Å². The van der Waals surface area contributed by atoms with Gasteiger partial charge in [-0.3, -0.25) is 0 Å². The maximum Gasteiger partial charge on any atom is 0.0342 e. The molecule has 0 radical (unpaired) electrons. The lowest BCUT2D eigenvalue weighted by atomic mass is 9.91. The van der Waals surface area contributed by atoms with Gasteiger partial charge in [-0.05, 0) is 25.7 Å². The minimum atomic E-state index is -0.137. The largest absolute Gasteiger partial charge is 0.326 e.